The standard InChI is InChI=1S/C30H29N5O7S2/c1-21-28(30(37)35(33(21)2)24-10-5-4-6-11-24)34(3)44(40,41)27-13-7-9-22(19-27)29(36)32-23-14-16-26(17-15-23)43(38,39)31-20-25-12-8-18-42-25/h4-19,31H,20H2,1-3H3,(H,32,36). The van der Waals surface area contributed by atoms with Crippen LogP contribution in [0, 0.1) is 6.92 Å². The lowest BCUT2D eigenvalue weighted by Crippen LogP contribution is -2.32. The second-order valence-electron chi connectivity index (χ2n) is 9.79. The normalized spacial score (nSPS) is 11.8. The number of furan rings is 1. The molecule has 5 rings (SSSR count). The summed E-state index contributed by atoms with van der Waals surface area (Å²) >= 11 is 0. The van der Waals surface area contributed by atoms with E-state index in [9.17, 15) is 26.4 Å². The molecule has 0 aliphatic rings. The maximum atomic E-state index is 13.7. The molecule has 0 unspecified atom stereocenters. The lowest BCUT2D eigenvalue weighted by molar-refractivity contribution is 0.102. The molecule has 12 nitrogen and oxygen atoms in total. The van der Waals surface area contributed by atoms with Gasteiger partial charge in [0.25, 0.3) is 21.5 Å². The molecule has 1 amide bonds. The molecule has 228 valence electrons. The topological polar surface area (TPSA) is 153 Å². The largest absolute Gasteiger partial charge is 0.468 e. The molecule has 2 aromatic heterocycles. The monoisotopic (exact) mass is 635 g/mol. The van der Waals surface area contributed by atoms with Crippen molar-refractivity contribution in [3.8, 4) is 5.69 Å². The first-order valence-electron chi connectivity index (χ1n) is 13.3. The zero-order valence-corrected chi connectivity index (χ0v) is 25.6. The molecule has 2 N–H and O–H groups in total. The van der Waals surface area contributed by atoms with Gasteiger partial charge < -0.3 is 9.73 Å². The molecule has 3 aromatic carbocycles. The van der Waals surface area contributed by atoms with Gasteiger partial charge in [-0.05, 0) is 73.7 Å². The number of carbonyl (C=O) groups is 1. The van der Waals surface area contributed by atoms with Gasteiger partial charge in [-0.2, -0.15) is 0 Å². The van der Waals surface area contributed by atoms with Crippen molar-refractivity contribution in [2.24, 2.45) is 7.05 Å². The van der Waals surface area contributed by atoms with E-state index in [2.05, 4.69) is 10.0 Å². The Kier molecular flexibility index (Phi) is 8.32. The highest BCUT2D eigenvalue weighted by Crippen LogP contribution is 2.25. The minimum Gasteiger partial charge on any atom is -0.468 e. The summed E-state index contributed by atoms with van der Waals surface area (Å²) in [5, 5.41) is 2.64. The second-order valence-corrected chi connectivity index (χ2v) is 13.5. The first-order valence-corrected chi connectivity index (χ1v) is 16.2. The predicted molar refractivity (Wildman–Crippen MR) is 165 cm³/mol. The fourth-order valence-electron chi connectivity index (χ4n) is 4.58. The van der Waals surface area contributed by atoms with Crippen molar-refractivity contribution >= 4 is 37.3 Å². The van der Waals surface area contributed by atoms with Crippen LogP contribution in [0.2, 0.25) is 0 Å². The number of para-hydroxylation sites is 1. The van der Waals surface area contributed by atoms with Crippen molar-refractivity contribution in [3.63, 3.8) is 0 Å². The molecule has 0 saturated carbocycles. The molecule has 14 heteroatoms. The maximum absolute atomic E-state index is 13.7. The van der Waals surface area contributed by atoms with Crippen molar-refractivity contribution in [3.05, 3.63) is 125 Å². The number of nitrogens with zero attached hydrogens (tertiary/aromatic N) is 3. The number of rotatable bonds is 10. The van der Waals surface area contributed by atoms with E-state index in [-0.39, 0.29) is 27.6 Å². The van der Waals surface area contributed by atoms with Crippen LogP contribution in [0.25, 0.3) is 5.69 Å². The average molecular weight is 636 g/mol. The van der Waals surface area contributed by atoms with Crippen molar-refractivity contribution in [1.82, 2.24) is 14.1 Å². The van der Waals surface area contributed by atoms with E-state index in [1.165, 1.54) is 66.5 Å². The van der Waals surface area contributed by atoms with Gasteiger partial charge in [-0.15, -0.1) is 0 Å². The highest BCUT2D eigenvalue weighted by Gasteiger charge is 2.29. The Balaban J connectivity index is 1.34. The minimum atomic E-state index is -4.25. The van der Waals surface area contributed by atoms with Gasteiger partial charge >= 0.3 is 0 Å². The maximum Gasteiger partial charge on any atom is 0.296 e. The summed E-state index contributed by atoms with van der Waals surface area (Å²) in [6.45, 7) is 1.63. The van der Waals surface area contributed by atoms with Crippen molar-refractivity contribution in [2.75, 3.05) is 16.7 Å². The Hall–Kier alpha value is -4.92. The number of hydrogen-bond donors (Lipinski definition) is 2. The first-order chi connectivity index (χ1) is 20.9. The number of benzene rings is 3. The lowest BCUT2D eigenvalue weighted by atomic mass is 10.2. The van der Waals surface area contributed by atoms with E-state index in [1.807, 2.05) is 6.07 Å². The molecule has 0 atom stereocenters. The first kappa shape index (κ1) is 30.5. The Morgan fingerprint density at radius 1 is 0.886 bits per heavy atom. The number of carbonyl (C=O) groups excluding carboxylic acids is 1. The lowest BCUT2D eigenvalue weighted by Gasteiger charge is -2.18. The van der Waals surface area contributed by atoms with E-state index < -0.39 is 31.5 Å². The fraction of sp³-hybridized carbons (Fsp3) is 0.133. The SMILES string of the molecule is Cc1c(N(C)S(=O)(=O)c2cccc(C(=O)Nc3ccc(S(=O)(=O)NCc4ccco4)cc3)c2)c(=O)n(-c2ccccc2)n1C. The highest BCUT2D eigenvalue weighted by molar-refractivity contribution is 7.92. The Morgan fingerprint density at radius 2 is 1.59 bits per heavy atom. The number of anilines is 2. The van der Waals surface area contributed by atoms with Gasteiger partial charge in [-0.1, -0.05) is 24.3 Å². The summed E-state index contributed by atoms with van der Waals surface area (Å²) in [7, 11) is -5.12. The van der Waals surface area contributed by atoms with Crippen molar-refractivity contribution in [2.45, 2.75) is 23.3 Å². The number of amides is 1. The third-order valence-corrected chi connectivity index (χ3v) is 10.2. The van der Waals surface area contributed by atoms with E-state index in [1.54, 1.807) is 55.1 Å². The summed E-state index contributed by atoms with van der Waals surface area (Å²) in [5.41, 5.74) is 0.808. The summed E-state index contributed by atoms with van der Waals surface area (Å²) in [6, 6.07) is 23.1. The molecule has 0 aliphatic heterocycles. The molecule has 0 bridgehead atoms. The summed E-state index contributed by atoms with van der Waals surface area (Å²) < 4.78 is 63.9. The average Bonchev–Trinajstić information content (AvgIpc) is 3.62. The predicted octanol–water partition coefficient (Wildman–Crippen LogP) is 3.63. The molecule has 0 radical (unpaired) electrons. The van der Waals surface area contributed by atoms with Gasteiger partial charge in [-0.3, -0.25) is 18.6 Å². The van der Waals surface area contributed by atoms with E-state index in [4.69, 9.17) is 4.42 Å². The van der Waals surface area contributed by atoms with Gasteiger partial charge in [0, 0.05) is 25.3 Å². The number of sulfonamides is 2. The molecule has 44 heavy (non-hydrogen) atoms. The van der Waals surface area contributed by atoms with Crippen molar-refractivity contribution in [1.29, 1.82) is 0 Å². The van der Waals surface area contributed by atoms with Crippen LogP contribution in [0.3, 0.4) is 0 Å². The Bertz CT molecular complexity index is 2080. The molecular weight excluding hydrogens is 606 g/mol. The van der Waals surface area contributed by atoms with Crippen LogP contribution in [0.15, 0.2) is 116 Å². The molecule has 5 aromatic rings. The van der Waals surface area contributed by atoms with Crippen LogP contribution in [0.1, 0.15) is 21.8 Å². The van der Waals surface area contributed by atoms with Gasteiger partial charge in [0.1, 0.15) is 11.4 Å². The van der Waals surface area contributed by atoms with Crippen LogP contribution in [-0.4, -0.2) is 39.2 Å². The third kappa shape index (κ3) is 5.95. The molecule has 0 fully saturated rings. The molecule has 0 aliphatic carbocycles. The smallest absolute Gasteiger partial charge is 0.296 e. The van der Waals surface area contributed by atoms with E-state index in [0.29, 0.717) is 22.8 Å². The minimum absolute atomic E-state index is 0.0132. The van der Waals surface area contributed by atoms with Crippen LogP contribution < -0.4 is 19.9 Å². The van der Waals surface area contributed by atoms with Crippen LogP contribution in [0.5, 0.6) is 0 Å². The Morgan fingerprint density at radius 3 is 2.25 bits per heavy atom. The number of nitrogens with one attached hydrogen (secondary N) is 2. The molecule has 0 spiro atoms. The molecule has 0 saturated heterocycles. The van der Waals surface area contributed by atoms with E-state index in [0.717, 1.165) is 4.31 Å². The van der Waals surface area contributed by atoms with E-state index >= 15 is 0 Å². The summed E-state index contributed by atoms with van der Waals surface area (Å²) in [5.74, 6) is -0.158. The van der Waals surface area contributed by atoms with Gasteiger partial charge in [0.05, 0.1) is 34.0 Å². The zero-order valence-electron chi connectivity index (χ0n) is 24.0. The van der Waals surface area contributed by atoms with Gasteiger partial charge in [0.15, 0.2) is 0 Å². The van der Waals surface area contributed by atoms with Crippen LogP contribution >= 0.6 is 0 Å². The highest BCUT2D eigenvalue weighted by atomic mass is 32.2. The Labute approximate surface area is 254 Å². The number of hydrogen-bond acceptors (Lipinski definition) is 7. The quantitative estimate of drug-likeness (QED) is 0.238. The zero-order chi connectivity index (χ0) is 31.6. The number of aromatic nitrogens is 2. The fourth-order valence-corrected chi connectivity index (χ4v) is 6.86. The molecular formula is C30H29N5O7S2. The second kappa shape index (κ2) is 12.0. The van der Waals surface area contributed by atoms with Crippen LogP contribution in [0.4, 0.5) is 11.4 Å². The summed E-state index contributed by atoms with van der Waals surface area (Å²) in [6.07, 6.45) is 1.44. The van der Waals surface area contributed by atoms with Crippen LogP contribution in [-0.2, 0) is 33.6 Å². The third-order valence-electron chi connectivity index (χ3n) is 7.03. The molecule has 2 heterocycles. The van der Waals surface area contributed by atoms with Crippen molar-refractivity contribution < 1.29 is 26.0 Å². The van der Waals surface area contributed by atoms with Gasteiger partial charge in [-0.25, -0.2) is 26.2 Å². The summed E-state index contributed by atoms with van der Waals surface area (Å²) in [4.78, 5) is 26.3. The van der Waals surface area contributed by atoms with Gasteiger partial charge in [0.2, 0.25) is 10.0 Å².